The average Bonchev–Trinajstić information content (AvgIpc) is 2.11. The zero-order valence-electron chi connectivity index (χ0n) is 9.22. The van der Waals surface area contributed by atoms with Gasteiger partial charge in [0, 0.05) is 0 Å². The topological polar surface area (TPSA) is 0 Å². The van der Waals surface area contributed by atoms with E-state index in [0.29, 0.717) is 0 Å². The van der Waals surface area contributed by atoms with Crippen LogP contribution in [0.1, 0.15) is 32.1 Å². The molecule has 78 valence electrons. The fourth-order valence-electron chi connectivity index (χ4n) is 1.20. The van der Waals surface area contributed by atoms with Gasteiger partial charge in [-0.2, -0.15) is 0 Å². The molecule has 0 saturated carbocycles. The molecule has 0 rings (SSSR count). The highest BCUT2D eigenvalue weighted by Gasteiger charge is 2.04. The molecule has 0 spiro atoms. The van der Waals surface area contributed by atoms with E-state index in [-0.39, 0.29) is 0 Å². The van der Waals surface area contributed by atoms with Gasteiger partial charge in [-0.15, -0.1) is 6.58 Å². The Bertz CT molecular complexity index is 147. The van der Waals surface area contributed by atoms with Crippen molar-refractivity contribution in [3.05, 3.63) is 24.6 Å². The highest BCUT2D eigenvalue weighted by atomic mass is 32.3. The lowest BCUT2D eigenvalue weighted by atomic mass is 10.2. The first-order valence-corrected chi connectivity index (χ1v) is 7.75. The van der Waals surface area contributed by atoms with Crippen LogP contribution in [0.25, 0.3) is 0 Å². The zero-order valence-corrected chi connectivity index (χ0v) is 10.0. The first-order chi connectivity index (χ1) is 6.12. The monoisotopic (exact) mass is 200 g/mol. The lowest BCUT2D eigenvalue weighted by molar-refractivity contribution is 0.678. The summed E-state index contributed by atoms with van der Waals surface area (Å²) in [4.78, 5) is 0. The Morgan fingerprint density at radius 1 is 1.00 bits per heavy atom. The van der Waals surface area contributed by atoms with Gasteiger partial charge in [-0.05, 0) is 37.5 Å². The van der Waals surface area contributed by atoms with Gasteiger partial charge in [-0.1, -0.05) is 30.9 Å². The van der Waals surface area contributed by atoms with Crippen molar-refractivity contribution in [2.75, 3.05) is 18.3 Å². The van der Waals surface area contributed by atoms with E-state index in [0.717, 1.165) is 0 Å². The summed E-state index contributed by atoms with van der Waals surface area (Å²) in [6.07, 6.45) is 13.3. The number of allylic oxidation sites excluding steroid dienone is 1. The molecule has 0 amide bonds. The molecule has 13 heavy (non-hydrogen) atoms. The molecule has 0 fully saturated rings. The van der Waals surface area contributed by atoms with Crippen molar-refractivity contribution in [2.24, 2.45) is 0 Å². The standard InChI is InChI=1S/C12H24S/c1-5-7-8-9-10-11-12-13(3,4)6-2/h5-6H,1-2,7-12H2,3-4H3. The normalized spacial score (nSPS) is 12.5. The quantitative estimate of drug-likeness (QED) is 0.404. The van der Waals surface area contributed by atoms with Crippen LogP contribution >= 0.6 is 10.0 Å². The fraction of sp³-hybridized carbons (Fsp3) is 0.667. The van der Waals surface area contributed by atoms with E-state index in [1.54, 1.807) is 0 Å². The molecule has 1 heteroatoms. The lowest BCUT2D eigenvalue weighted by Crippen LogP contribution is -1.97. The average molecular weight is 200 g/mol. The molecule has 0 aromatic heterocycles. The van der Waals surface area contributed by atoms with Crippen LogP contribution in [0, 0.1) is 0 Å². The van der Waals surface area contributed by atoms with Gasteiger partial charge in [0.05, 0.1) is 0 Å². The van der Waals surface area contributed by atoms with Gasteiger partial charge < -0.3 is 0 Å². The molecule has 0 heterocycles. The van der Waals surface area contributed by atoms with E-state index in [2.05, 4.69) is 31.1 Å². The Morgan fingerprint density at radius 3 is 2.15 bits per heavy atom. The molecule has 0 aromatic rings. The van der Waals surface area contributed by atoms with Crippen molar-refractivity contribution in [3.8, 4) is 0 Å². The van der Waals surface area contributed by atoms with E-state index in [1.165, 1.54) is 37.9 Å². The molecule has 0 radical (unpaired) electrons. The highest BCUT2D eigenvalue weighted by Crippen LogP contribution is 2.41. The largest absolute Gasteiger partial charge is 0.228 e. The molecule has 0 saturated heterocycles. The van der Waals surface area contributed by atoms with Crippen molar-refractivity contribution >= 4 is 10.0 Å². The molecule has 0 aliphatic carbocycles. The molecular weight excluding hydrogens is 176 g/mol. The van der Waals surface area contributed by atoms with Gasteiger partial charge in [0.1, 0.15) is 0 Å². The molecule has 0 aliphatic rings. The second-order valence-electron chi connectivity index (χ2n) is 3.99. The van der Waals surface area contributed by atoms with Crippen molar-refractivity contribution in [1.82, 2.24) is 0 Å². The Morgan fingerprint density at radius 2 is 1.62 bits per heavy atom. The van der Waals surface area contributed by atoms with Gasteiger partial charge >= 0.3 is 0 Å². The van der Waals surface area contributed by atoms with Crippen molar-refractivity contribution in [1.29, 1.82) is 0 Å². The summed E-state index contributed by atoms with van der Waals surface area (Å²) in [6.45, 7) is 7.61. The first-order valence-electron chi connectivity index (χ1n) is 5.07. The number of hydrogen-bond acceptors (Lipinski definition) is 0. The minimum Gasteiger partial charge on any atom is -0.228 e. The minimum atomic E-state index is -0.469. The van der Waals surface area contributed by atoms with E-state index >= 15 is 0 Å². The maximum Gasteiger partial charge on any atom is -0.0199 e. The zero-order chi connectivity index (χ0) is 10.2. The Labute approximate surface area is 85.4 Å². The van der Waals surface area contributed by atoms with E-state index < -0.39 is 10.0 Å². The SMILES string of the molecule is C=CCCCCCCS(C)(C)C=C. The van der Waals surface area contributed by atoms with Crippen LogP contribution in [-0.4, -0.2) is 18.3 Å². The van der Waals surface area contributed by atoms with Crippen LogP contribution < -0.4 is 0 Å². The van der Waals surface area contributed by atoms with Crippen LogP contribution in [0.3, 0.4) is 0 Å². The Balaban J connectivity index is 3.25. The van der Waals surface area contributed by atoms with Crippen molar-refractivity contribution in [3.63, 3.8) is 0 Å². The molecule has 0 atom stereocenters. The second-order valence-corrected chi connectivity index (χ2v) is 7.97. The van der Waals surface area contributed by atoms with E-state index in [1.807, 2.05) is 6.08 Å². The third-order valence-corrected chi connectivity index (χ3v) is 4.52. The Kier molecular flexibility index (Phi) is 7.16. The molecule has 0 aliphatic heterocycles. The maximum absolute atomic E-state index is 3.88. The predicted molar refractivity (Wildman–Crippen MR) is 67.8 cm³/mol. The summed E-state index contributed by atoms with van der Waals surface area (Å²) in [5.74, 6) is 1.35. The predicted octanol–water partition coefficient (Wildman–Crippen LogP) is 4.33. The summed E-state index contributed by atoms with van der Waals surface area (Å²) in [5.41, 5.74) is 0. The number of hydrogen-bond donors (Lipinski definition) is 0. The van der Waals surface area contributed by atoms with Gasteiger partial charge in [0.25, 0.3) is 0 Å². The molecule has 0 nitrogen and oxygen atoms in total. The van der Waals surface area contributed by atoms with E-state index in [4.69, 9.17) is 0 Å². The van der Waals surface area contributed by atoms with Crippen LogP contribution in [-0.2, 0) is 0 Å². The maximum atomic E-state index is 3.88. The van der Waals surface area contributed by atoms with Crippen molar-refractivity contribution < 1.29 is 0 Å². The van der Waals surface area contributed by atoms with Gasteiger partial charge in [0.15, 0.2) is 0 Å². The fourth-order valence-corrected chi connectivity index (χ4v) is 2.31. The van der Waals surface area contributed by atoms with Crippen LogP contribution in [0.5, 0.6) is 0 Å². The van der Waals surface area contributed by atoms with Gasteiger partial charge in [-0.25, -0.2) is 10.0 Å². The number of unbranched alkanes of at least 4 members (excludes halogenated alkanes) is 4. The summed E-state index contributed by atoms with van der Waals surface area (Å²) in [7, 11) is -0.469. The minimum absolute atomic E-state index is 0.469. The highest BCUT2D eigenvalue weighted by molar-refractivity contribution is 8.35. The summed E-state index contributed by atoms with van der Waals surface area (Å²) in [6, 6.07) is 0. The Hall–Kier alpha value is -0.170. The molecule has 0 unspecified atom stereocenters. The second kappa shape index (κ2) is 7.25. The third-order valence-electron chi connectivity index (χ3n) is 2.28. The molecule has 0 N–H and O–H groups in total. The molecule has 0 bridgehead atoms. The summed E-state index contributed by atoms with van der Waals surface area (Å²) >= 11 is 0. The van der Waals surface area contributed by atoms with Crippen molar-refractivity contribution in [2.45, 2.75) is 32.1 Å². The molecular formula is C12H24S. The summed E-state index contributed by atoms with van der Waals surface area (Å²) < 4.78 is 0. The molecule has 0 aromatic carbocycles. The third kappa shape index (κ3) is 8.17. The van der Waals surface area contributed by atoms with Crippen LogP contribution in [0.4, 0.5) is 0 Å². The number of rotatable bonds is 8. The van der Waals surface area contributed by atoms with Gasteiger partial charge in [0.2, 0.25) is 0 Å². The summed E-state index contributed by atoms with van der Waals surface area (Å²) in [5, 5.41) is 2.15. The lowest BCUT2D eigenvalue weighted by Gasteiger charge is -2.26. The first kappa shape index (κ1) is 12.8. The van der Waals surface area contributed by atoms with E-state index in [9.17, 15) is 0 Å². The van der Waals surface area contributed by atoms with Gasteiger partial charge in [-0.3, -0.25) is 0 Å². The van der Waals surface area contributed by atoms with Crippen LogP contribution in [0.15, 0.2) is 24.6 Å². The smallest absolute Gasteiger partial charge is 0.0199 e. The van der Waals surface area contributed by atoms with Crippen LogP contribution in [0.2, 0.25) is 0 Å².